The molecular formula is C29H30F2N4O3. The molecule has 1 aliphatic rings. The van der Waals surface area contributed by atoms with Crippen molar-refractivity contribution in [1.29, 1.82) is 0 Å². The van der Waals surface area contributed by atoms with E-state index in [1.54, 1.807) is 24.4 Å². The summed E-state index contributed by atoms with van der Waals surface area (Å²) in [6, 6.07) is 14.7. The van der Waals surface area contributed by atoms with Crippen molar-refractivity contribution in [3.63, 3.8) is 0 Å². The van der Waals surface area contributed by atoms with Crippen LogP contribution in [0.1, 0.15) is 56.6 Å². The van der Waals surface area contributed by atoms with E-state index < -0.39 is 29.5 Å². The van der Waals surface area contributed by atoms with E-state index in [9.17, 15) is 23.2 Å². The summed E-state index contributed by atoms with van der Waals surface area (Å²) in [5.41, 5.74) is 0.748. The second-order valence-electron chi connectivity index (χ2n) is 9.30. The number of carbonyl (C=O) groups is 3. The average Bonchev–Trinajstić information content (AvgIpc) is 3.42. The Morgan fingerprint density at radius 2 is 1.55 bits per heavy atom. The van der Waals surface area contributed by atoms with Gasteiger partial charge in [-0.25, -0.2) is 13.8 Å². The van der Waals surface area contributed by atoms with Crippen molar-refractivity contribution in [3.8, 4) is 0 Å². The van der Waals surface area contributed by atoms with Crippen LogP contribution in [0, 0.1) is 11.6 Å². The van der Waals surface area contributed by atoms with Crippen molar-refractivity contribution in [2.75, 3.05) is 10.2 Å². The molecule has 2 N–H and O–H groups in total. The molecule has 1 aromatic heterocycles. The SMILES string of the molecule is O=C(CCCC(=O)N(c1ccc(F)cc1)C(C(=O)NC1CCCC1)c1ccc(F)cc1)Nc1ccccn1. The van der Waals surface area contributed by atoms with Crippen LogP contribution in [0.3, 0.4) is 0 Å². The van der Waals surface area contributed by atoms with Crippen LogP contribution in [0.4, 0.5) is 20.3 Å². The van der Waals surface area contributed by atoms with E-state index in [1.165, 1.54) is 53.4 Å². The van der Waals surface area contributed by atoms with Gasteiger partial charge >= 0.3 is 0 Å². The molecule has 1 atom stereocenters. The molecule has 3 amide bonds. The summed E-state index contributed by atoms with van der Waals surface area (Å²) in [6.07, 6.45) is 5.51. The number of rotatable bonds is 10. The van der Waals surface area contributed by atoms with Gasteiger partial charge in [-0.15, -0.1) is 0 Å². The Hall–Kier alpha value is -4.14. The standard InChI is InChI=1S/C29H30F2N4O3/c30-21-13-11-20(12-14-21)28(29(38)33-23-6-1-2-7-23)35(24-17-15-22(31)16-18-24)27(37)10-5-9-26(36)34-25-8-3-4-19-32-25/h3-4,8,11-19,23,28H,1-2,5-7,9-10H2,(H,33,38)(H,32,34,36). The molecule has 0 saturated heterocycles. The summed E-state index contributed by atoms with van der Waals surface area (Å²) in [6.45, 7) is 0. The fourth-order valence-electron chi connectivity index (χ4n) is 4.61. The minimum Gasteiger partial charge on any atom is -0.351 e. The Bertz CT molecular complexity index is 1230. The average molecular weight is 521 g/mol. The molecule has 0 spiro atoms. The van der Waals surface area contributed by atoms with Crippen molar-refractivity contribution in [2.45, 2.75) is 57.0 Å². The maximum absolute atomic E-state index is 13.7. The lowest BCUT2D eigenvalue weighted by Gasteiger charge is -2.32. The number of nitrogens with one attached hydrogen (secondary N) is 2. The first-order valence-corrected chi connectivity index (χ1v) is 12.7. The smallest absolute Gasteiger partial charge is 0.248 e. The van der Waals surface area contributed by atoms with Crippen LogP contribution >= 0.6 is 0 Å². The molecule has 3 aromatic rings. The molecule has 0 radical (unpaired) electrons. The highest BCUT2D eigenvalue weighted by molar-refractivity contribution is 6.01. The van der Waals surface area contributed by atoms with Crippen molar-refractivity contribution in [2.24, 2.45) is 0 Å². The lowest BCUT2D eigenvalue weighted by atomic mass is 10.0. The lowest BCUT2D eigenvalue weighted by molar-refractivity contribution is -0.127. The number of anilines is 2. The van der Waals surface area contributed by atoms with E-state index in [0.717, 1.165) is 25.7 Å². The third-order valence-corrected chi connectivity index (χ3v) is 6.49. The van der Waals surface area contributed by atoms with E-state index in [1.807, 2.05) is 0 Å². The summed E-state index contributed by atoms with van der Waals surface area (Å²) < 4.78 is 27.5. The van der Waals surface area contributed by atoms with Crippen LogP contribution in [-0.2, 0) is 14.4 Å². The number of halogens is 2. The van der Waals surface area contributed by atoms with Gasteiger partial charge in [-0.3, -0.25) is 19.3 Å². The first-order chi connectivity index (χ1) is 18.4. The van der Waals surface area contributed by atoms with Gasteiger partial charge in [0.1, 0.15) is 23.5 Å². The second kappa shape index (κ2) is 12.9. The van der Waals surface area contributed by atoms with Crippen LogP contribution in [0.2, 0.25) is 0 Å². The monoisotopic (exact) mass is 520 g/mol. The van der Waals surface area contributed by atoms with E-state index in [0.29, 0.717) is 17.1 Å². The fraction of sp³-hybridized carbons (Fsp3) is 0.310. The van der Waals surface area contributed by atoms with Gasteiger partial charge in [0.15, 0.2) is 0 Å². The van der Waals surface area contributed by atoms with Crippen LogP contribution < -0.4 is 15.5 Å². The number of benzene rings is 2. The number of pyridine rings is 1. The lowest BCUT2D eigenvalue weighted by Crippen LogP contribution is -2.46. The molecule has 9 heteroatoms. The largest absolute Gasteiger partial charge is 0.351 e. The van der Waals surface area contributed by atoms with Gasteiger partial charge in [0.2, 0.25) is 17.7 Å². The van der Waals surface area contributed by atoms with Gasteiger partial charge in [0.05, 0.1) is 0 Å². The highest BCUT2D eigenvalue weighted by atomic mass is 19.1. The molecule has 1 aliphatic carbocycles. The molecule has 38 heavy (non-hydrogen) atoms. The van der Waals surface area contributed by atoms with Crippen LogP contribution in [0.25, 0.3) is 0 Å². The second-order valence-corrected chi connectivity index (χ2v) is 9.30. The topological polar surface area (TPSA) is 91.4 Å². The summed E-state index contributed by atoms with van der Waals surface area (Å²) >= 11 is 0. The molecule has 1 unspecified atom stereocenters. The van der Waals surface area contributed by atoms with Gasteiger partial charge in [0.25, 0.3) is 0 Å². The Morgan fingerprint density at radius 1 is 0.895 bits per heavy atom. The van der Waals surface area contributed by atoms with Gasteiger partial charge in [-0.2, -0.15) is 0 Å². The van der Waals surface area contributed by atoms with Crippen molar-refractivity contribution in [1.82, 2.24) is 10.3 Å². The number of carbonyl (C=O) groups excluding carboxylic acids is 3. The van der Waals surface area contributed by atoms with E-state index in [4.69, 9.17) is 0 Å². The third-order valence-electron chi connectivity index (χ3n) is 6.49. The zero-order valence-electron chi connectivity index (χ0n) is 20.9. The normalized spacial score (nSPS) is 14.1. The fourth-order valence-corrected chi connectivity index (χ4v) is 4.61. The molecule has 0 aliphatic heterocycles. The van der Waals surface area contributed by atoms with Gasteiger partial charge in [-0.1, -0.05) is 31.0 Å². The number of amides is 3. The quantitative estimate of drug-likeness (QED) is 0.380. The minimum absolute atomic E-state index is 0.00842. The molecule has 1 saturated carbocycles. The van der Waals surface area contributed by atoms with Gasteiger partial charge < -0.3 is 10.6 Å². The maximum atomic E-state index is 13.7. The van der Waals surface area contributed by atoms with E-state index in [2.05, 4.69) is 15.6 Å². The molecule has 4 rings (SSSR count). The number of hydrogen-bond donors (Lipinski definition) is 2. The summed E-state index contributed by atoms with van der Waals surface area (Å²) in [5.74, 6) is -1.65. The van der Waals surface area contributed by atoms with Gasteiger partial charge in [0, 0.05) is 30.8 Å². The van der Waals surface area contributed by atoms with Crippen molar-refractivity contribution >= 4 is 29.2 Å². The first kappa shape index (κ1) is 26.9. The highest BCUT2D eigenvalue weighted by Gasteiger charge is 2.34. The number of aromatic nitrogens is 1. The molecule has 2 aromatic carbocycles. The van der Waals surface area contributed by atoms with E-state index in [-0.39, 0.29) is 31.2 Å². The van der Waals surface area contributed by atoms with Crippen LogP contribution in [0.15, 0.2) is 72.9 Å². The van der Waals surface area contributed by atoms with Gasteiger partial charge in [-0.05, 0) is 73.4 Å². The predicted molar refractivity (Wildman–Crippen MR) is 140 cm³/mol. The first-order valence-electron chi connectivity index (χ1n) is 12.7. The molecule has 198 valence electrons. The summed E-state index contributed by atoms with van der Waals surface area (Å²) in [7, 11) is 0. The Kier molecular flexibility index (Phi) is 9.13. The Morgan fingerprint density at radius 3 is 2.18 bits per heavy atom. The van der Waals surface area contributed by atoms with Crippen molar-refractivity contribution in [3.05, 3.63) is 90.1 Å². The summed E-state index contributed by atoms with van der Waals surface area (Å²) in [4.78, 5) is 44.9. The molecule has 0 bridgehead atoms. The predicted octanol–water partition coefficient (Wildman–Crippen LogP) is 5.30. The van der Waals surface area contributed by atoms with Crippen molar-refractivity contribution < 1.29 is 23.2 Å². The zero-order chi connectivity index (χ0) is 26.9. The number of nitrogens with zero attached hydrogens (tertiary/aromatic N) is 2. The molecule has 1 fully saturated rings. The molecular weight excluding hydrogens is 490 g/mol. The number of hydrogen-bond acceptors (Lipinski definition) is 4. The maximum Gasteiger partial charge on any atom is 0.248 e. The summed E-state index contributed by atoms with van der Waals surface area (Å²) in [5, 5.41) is 5.72. The molecule has 1 heterocycles. The zero-order valence-corrected chi connectivity index (χ0v) is 20.9. The highest BCUT2D eigenvalue weighted by Crippen LogP contribution is 2.30. The Labute approximate surface area is 220 Å². The third kappa shape index (κ3) is 7.21. The van der Waals surface area contributed by atoms with E-state index >= 15 is 0 Å². The van der Waals surface area contributed by atoms with Crippen LogP contribution in [0.5, 0.6) is 0 Å². The van der Waals surface area contributed by atoms with Crippen LogP contribution in [-0.4, -0.2) is 28.7 Å². The molecule has 7 nitrogen and oxygen atoms in total. The minimum atomic E-state index is -1.10. The Balaban J connectivity index is 1.56.